The van der Waals surface area contributed by atoms with Crippen LogP contribution < -0.4 is 21.1 Å². The highest BCUT2D eigenvalue weighted by Gasteiger charge is 2.29. The van der Waals surface area contributed by atoms with E-state index in [1.54, 1.807) is 12.1 Å². The van der Waals surface area contributed by atoms with E-state index in [2.05, 4.69) is 15.5 Å². The van der Waals surface area contributed by atoms with E-state index in [-0.39, 0.29) is 16.9 Å². The Labute approximate surface area is 208 Å². The highest BCUT2D eigenvalue weighted by molar-refractivity contribution is 7.89. The van der Waals surface area contributed by atoms with Gasteiger partial charge in [-0.1, -0.05) is 25.4 Å². The summed E-state index contributed by atoms with van der Waals surface area (Å²) in [6.07, 6.45) is 2.53. The first-order chi connectivity index (χ1) is 16.2. The Morgan fingerprint density at radius 1 is 1.24 bits per heavy atom. The molecule has 0 aliphatic carbocycles. The highest BCUT2D eigenvalue weighted by Crippen LogP contribution is 2.30. The predicted octanol–water partition coefficient (Wildman–Crippen LogP) is 1.27. The van der Waals surface area contributed by atoms with E-state index in [1.165, 1.54) is 10.4 Å². The van der Waals surface area contributed by atoms with Crippen LogP contribution >= 0.6 is 11.6 Å². The van der Waals surface area contributed by atoms with Gasteiger partial charge in [-0.15, -0.1) is 0 Å². The number of benzene rings is 1. The second-order valence-corrected chi connectivity index (χ2v) is 11.8. The minimum Gasteiger partial charge on any atom is -0.489 e. The third kappa shape index (κ3) is 7.53. The van der Waals surface area contributed by atoms with Crippen molar-refractivity contribution in [1.82, 2.24) is 19.8 Å². The number of rotatable bonds is 10. The molecular weight excluding hydrogens is 478 g/mol. The summed E-state index contributed by atoms with van der Waals surface area (Å²) in [7, 11) is -3.64. The summed E-state index contributed by atoms with van der Waals surface area (Å²) in [4.78, 5) is 14.4. The van der Waals surface area contributed by atoms with E-state index in [0.29, 0.717) is 62.4 Å². The second kappa shape index (κ2) is 12.5. The molecule has 1 aromatic rings. The van der Waals surface area contributed by atoms with Gasteiger partial charge in [-0.2, -0.15) is 4.31 Å². The maximum Gasteiger partial charge on any atom is 0.243 e. The molecule has 2 heterocycles. The third-order valence-corrected chi connectivity index (χ3v) is 8.43. The van der Waals surface area contributed by atoms with Crippen LogP contribution in [-0.4, -0.2) is 88.0 Å². The standard InChI is InChI=1S/C23H38ClN5O4S/c1-17(2)15-21(25)23(30)27-9-10-28-11-13-29(14-12-28)34(31,32)19-3-4-22(20(24)16-19)33-18-5-7-26-8-6-18/h3-4,16-18,21,26H,5-15,25H2,1-2H3,(H,27,30)/t21-/m0/s1. The van der Waals surface area contributed by atoms with Crippen molar-refractivity contribution in [3.8, 4) is 5.75 Å². The van der Waals surface area contributed by atoms with Gasteiger partial charge in [0.1, 0.15) is 11.9 Å². The zero-order valence-corrected chi connectivity index (χ0v) is 21.7. The van der Waals surface area contributed by atoms with Gasteiger partial charge in [-0.05, 0) is 56.5 Å². The lowest BCUT2D eigenvalue weighted by Gasteiger charge is -2.34. The van der Waals surface area contributed by atoms with Gasteiger partial charge in [-0.3, -0.25) is 9.69 Å². The Balaban J connectivity index is 1.47. The molecule has 2 saturated heterocycles. The summed E-state index contributed by atoms with van der Waals surface area (Å²) in [6, 6.07) is 4.21. The van der Waals surface area contributed by atoms with Crippen LogP contribution in [0, 0.1) is 5.92 Å². The van der Waals surface area contributed by atoms with Crippen molar-refractivity contribution in [3.05, 3.63) is 23.2 Å². The molecule has 0 bridgehead atoms. The van der Waals surface area contributed by atoms with Crippen molar-refractivity contribution in [1.29, 1.82) is 0 Å². The lowest BCUT2D eigenvalue weighted by molar-refractivity contribution is -0.122. The fourth-order valence-corrected chi connectivity index (χ4v) is 5.99. The number of nitrogens with two attached hydrogens (primary N) is 1. The van der Waals surface area contributed by atoms with Gasteiger partial charge in [0.25, 0.3) is 0 Å². The first-order valence-corrected chi connectivity index (χ1v) is 13.9. The molecule has 1 aromatic carbocycles. The molecule has 11 heteroatoms. The van der Waals surface area contributed by atoms with E-state index in [9.17, 15) is 13.2 Å². The second-order valence-electron chi connectivity index (χ2n) is 9.43. The largest absolute Gasteiger partial charge is 0.489 e. The van der Waals surface area contributed by atoms with Crippen molar-refractivity contribution in [2.75, 3.05) is 52.4 Å². The fraction of sp³-hybridized carbons (Fsp3) is 0.696. The number of halogens is 1. The van der Waals surface area contributed by atoms with E-state index in [4.69, 9.17) is 22.1 Å². The van der Waals surface area contributed by atoms with Crippen LogP contribution in [0.25, 0.3) is 0 Å². The minimum atomic E-state index is -3.64. The van der Waals surface area contributed by atoms with E-state index in [1.807, 2.05) is 13.8 Å². The molecular formula is C23H38ClN5O4S. The zero-order chi connectivity index (χ0) is 24.7. The zero-order valence-electron chi connectivity index (χ0n) is 20.1. The quantitative estimate of drug-likeness (QED) is 0.429. The normalized spacial score (nSPS) is 19.8. The number of piperidine rings is 1. The molecule has 1 amide bonds. The Bertz CT molecular complexity index is 916. The predicted molar refractivity (Wildman–Crippen MR) is 134 cm³/mol. The SMILES string of the molecule is CC(C)C[C@H](N)C(=O)NCCN1CCN(S(=O)(=O)c2ccc(OC3CCNCC3)c(Cl)c2)CC1. The number of carbonyl (C=O) groups excluding carboxylic acids is 1. The fourth-order valence-electron chi connectivity index (χ4n) is 4.26. The van der Waals surface area contributed by atoms with Crippen LogP contribution in [0.5, 0.6) is 5.75 Å². The van der Waals surface area contributed by atoms with Crippen molar-refractivity contribution in [2.24, 2.45) is 11.7 Å². The summed E-state index contributed by atoms with van der Waals surface area (Å²) >= 11 is 6.37. The molecule has 0 spiro atoms. The van der Waals surface area contributed by atoms with Crippen LogP contribution in [0.2, 0.25) is 5.02 Å². The number of nitrogens with one attached hydrogen (secondary N) is 2. The average molecular weight is 516 g/mol. The van der Waals surface area contributed by atoms with Crippen LogP contribution in [0.15, 0.2) is 23.1 Å². The number of sulfonamides is 1. The van der Waals surface area contributed by atoms with Gasteiger partial charge in [0.05, 0.1) is 16.0 Å². The first-order valence-electron chi connectivity index (χ1n) is 12.1. The summed E-state index contributed by atoms with van der Waals surface area (Å²) in [5.41, 5.74) is 5.91. The highest BCUT2D eigenvalue weighted by atomic mass is 35.5. The summed E-state index contributed by atoms with van der Waals surface area (Å²) < 4.78 is 33.7. The summed E-state index contributed by atoms with van der Waals surface area (Å²) in [6.45, 7) is 8.97. The molecule has 192 valence electrons. The third-order valence-electron chi connectivity index (χ3n) is 6.24. The molecule has 2 fully saturated rings. The maximum atomic E-state index is 13.1. The number of ether oxygens (including phenoxy) is 1. The van der Waals surface area contributed by atoms with Crippen LogP contribution in [-0.2, 0) is 14.8 Å². The lowest BCUT2D eigenvalue weighted by Crippen LogP contribution is -2.51. The van der Waals surface area contributed by atoms with Crippen molar-refractivity contribution >= 4 is 27.5 Å². The van der Waals surface area contributed by atoms with E-state index in [0.717, 1.165) is 25.9 Å². The first kappa shape index (κ1) is 27.2. The van der Waals surface area contributed by atoms with Crippen molar-refractivity contribution in [3.63, 3.8) is 0 Å². The summed E-state index contributed by atoms with van der Waals surface area (Å²) in [5.74, 6) is 0.746. The Morgan fingerprint density at radius 3 is 2.53 bits per heavy atom. The maximum absolute atomic E-state index is 13.1. The molecule has 34 heavy (non-hydrogen) atoms. The van der Waals surface area contributed by atoms with Gasteiger partial charge in [0.2, 0.25) is 15.9 Å². The van der Waals surface area contributed by atoms with Crippen molar-refractivity contribution < 1.29 is 17.9 Å². The van der Waals surface area contributed by atoms with Gasteiger partial charge in [-0.25, -0.2) is 8.42 Å². The Hall–Kier alpha value is -1.43. The topological polar surface area (TPSA) is 117 Å². The molecule has 0 aromatic heterocycles. The minimum absolute atomic E-state index is 0.0880. The van der Waals surface area contributed by atoms with Gasteiger partial charge in [0, 0.05) is 39.3 Å². The van der Waals surface area contributed by atoms with Gasteiger partial charge >= 0.3 is 0 Å². The Kier molecular flexibility index (Phi) is 9.99. The molecule has 1 atom stereocenters. The molecule has 0 radical (unpaired) electrons. The van der Waals surface area contributed by atoms with Gasteiger partial charge in [0.15, 0.2) is 0 Å². The molecule has 0 saturated carbocycles. The average Bonchev–Trinajstić information content (AvgIpc) is 2.81. The van der Waals surface area contributed by atoms with Crippen LogP contribution in [0.4, 0.5) is 0 Å². The number of piperazine rings is 1. The lowest BCUT2D eigenvalue weighted by atomic mass is 10.0. The number of carbonyl (C=O) groups is 1. The number of nitrogens with zero attached hydrogens (tertiary/aromatic N) is 2. The molecule has 3 rings (SSSR count). The monoisotopic (exact) mass is 515 g/mol. The van der Waals surface area contributed by atoms with Gasteiger partial charge < -0.3 is 21.1 Å². The molecule has 9 nitrogen and oxygen atoms in total. The van der Waals surface area contributed by atoms with E-state index < -0.39 is 16.1 Å². The van der Waals surface area contributed by atoms with Crippen LogP contribution in [0.1, 0.15) is 33.1 Å². The Morgan fingerprint density at radius 2 is 1.91 bits per heavy atom. The smallest absolute Gasteiger partial charge is 0.243 e. The number of hydrogen-bond acceptors (Lipinski definition) is 7. The molecule has 4 N–H and O–H groups in total. The number of hydrogen-bond donors (Lipinski definition) is 3. The van der Waals surface area contributed by atoms with E-state index >= 15 is 0 Å². The van der Waals surface area contributed by atoms with Crippen LogP contribution in [0.3, 0.4) is 0 Å². The molecule has 2 aliphatic heterocycles. The van der Waals surface area contributed by atoms with Crippen molar-refractivity contribution in [2.45, 2.75) is 50.2 Å². The summed E-state index contributed by atoms with van der Waals surface area (Å²) in [5, 5.41) is 6.47. The number of amides is 1. The molecule has 0 unspecified atom stereocenters. The molecule has 2 aliphatic rings.